The van der Waals surface area contributed by atoms with Crippen LogP contribution in [0.1, 0.15) is 12.8 Å². The maximum absolute atomic E-state index is 11.8. The van der Waals surface area contributed by atoms with Gasteiger partial charge in [0.15, 0.2) is 0 Å². The summed E-state index contributed by atoms with van der Waals surface area (Å²) in [5, 5.41) is 11.5. The molecule has 0 spiro atoms. The Morgan fingerprint density at radius 2 is 2.19 bits per heavy atom. The fraction of sp³-hybridized carbons (Fsp3) is 0.300. The molecule has 1 amide bonds. The van der Waals surface area contributed by atoms with E-state index in [0.29, 0.717) is 23.0 Å². The number of carbonyl (C=O) groups is 2. The molecule has 0 radical (unpaired) electrons. The Morgan fingerprint density at radius 3 is 2.69 bits per heavy atom. The van der Waals surface area contributed by atoms with Crippen LogP contribution in [0.15, 0.2) is 22.9 Å². The van der Waals surface area contributed by atoms with Gasteiger partial charge in [-0.1, -0.05) is 0 Å². The van der Waals surface area contributed by atoms with Crippen LogP contribution in [0.2, 0.25) is 0 Å². The van der Waals surface area contributed by atoms with Crippen molar-refractivity contribution in [2.75, 3.05) is 5.32 Å². The van der Waals surface area contributed by atoms with Crippen molar-refractivity contribution in [1.82, 2.24) is 4.98 Å². The fourth-order valence-corrected chi connectivity index (χ4v) is 1.73. The summed E-state index contributed by atoms with van der Waals surface area (Å²) in [7, 11) is 0. The molecule has 0 bridgehead atoms. The summed E-state index contributed by atoms with van der Waals surface area (Å²) in [6, 6.07) is 1.61. The van der Waals surface area contributed by atoms with Gasteiger partial charge in [-0.05, 0) is 34.8 Å². The van der Waals surface area contributed by atoms with Gasteiger partial charge in [0.05, 0.1) is 10.2 Å². The van der Waals surface area contributed by atoms with Crippen molar-refractivity contribution in [3.05, 3.63) is 22.9 Å². The molecule has 0 saturated heterocycles. The predicted molar refractivity (Wildman–Crippen MR) is 59.9 cm³/mol. The Balaban J connectivity index is 2.15. The van der Waals surface area contributed by atoms with E-state index in [2.05, 4.69) is 26.2 Å². The number of aliphatic carboxylic acids is 1. The molecule has 0 atom stereocenters. The summed E-state index contributed by atoms with van der Waals surface area (Å²) in [6.07, 6.45) is 3.87. The molecule has 1 fully saturated rings. The van der Waals surface area contributed by atoms with Crippen molar-refractivity contribution >= 4 is 33.5 Å². The number of carboxylic acid groups (broad SMARTS) is 1. The van der Waals surface area contributed by atoms with E-state index in [0.717, 1.165) is 0 Å². The second kappa shape index (κ2) is 3.86. The van der Waals surface area contributed by atoms with Crippen LogP contribution < -0.4 is 5.32 Å². The van der Waals surface area contributed by atoms with Gasteiger partial charge >= 0.3 is 5.97 Å². The highest BCUT2D eigenvalue weighted by Gasteiger charge is 2.57. The quantitative estimate of drug-likeness (QED) is 0.827. The van der Waals surface area contributed by atoms with Gasteiger partial charge in [-0.15, -0.1) is 0 Å². The van der Waals surface area contributed by atoms with Crippen molar-refractivity contribution in [2.24, 2.45) is 5.41 Å². The van der Waals surface area contributed by atoms with Crippen LogP contribution in [0.5, 0.6) is 0 Å². The minimum absolute atomic E-state index is 0.400. The van der Waals surface area contributed by atoms with Crippen LogP contribution in [-0.2, 0) is 9.59 Å². The molecular weight excluding hydrogens is 276 g/mol. The maximum atomic E-state index is 11.8. The van der Waals surface area contributed by atoms with Crippen LogP contribution in [0.3, 0.4) is 0 Å². The molecule has 1 aromatic rings. The summed E-state index contributed by atoms with van der Waals surface area (Å²) in [5.74, 6) is -1.53. The van der Waals surface area contributed by atoms with Gasteiger partial charge < -0.3 is 10.4 Å². The first kappa shape index (κ1) is 11.1. The average Bonchev–Trinajstić information content (AvgIpc) is 3.02. The van der Waals surface area contributed by atoms with E-state index < -0.39 is 17.3 Å². The number of hydrogen-bond donors (Lipinski definition) is 2. The fourth-order valence-electron chi connectivity index (χ4n) is 1.38. The summed E-state index contributed by atoms with van der Waals surface area (Å²) in [5.41, 5.74) is -0.685. The second-order valence-electron chi connectivity index (χ2n) is 3.70. The molecule has 1 aliphatic carbocycles. The number of nitrogens with one attached hydrogen (secondary N) is 1. The first-order valence-electron chi connectivity index (χ1n) is 4.71. The third-order valence-corrected chi connectivity index (χ3v) is 3.25. The lowest BCUT2D eigenvalue weighted by atomic mass is 10.1. The van der Waals surface area contributed by atoms with Crippen LogP contribution in [0.25, 0.3) is 0 Å². The number of nitrogens with zero attached hydrogens (tertiary/aromatic N) is 1. The Labute approximate surface area is 100 Å². The largest absolute Gasteiger partial charge is 0.480 e. The maximum Gasteiger partial charge on any atom is 0.319 e. The average molecular weight is 285 g/mol. The van der Waals surface area contributed by atoms with Crippen molar-refractivity contribution < 1.29 is 14.7 Å². The monoisotopic (exact) mass is 284 g/mol. The molecule has 0 aliphatic heterocycles. The normalized spacial score (nSPS) is 16.6. The van der Waals surface area contributed by atoms with E-state index in [1.165, 1.54) is 12.4 Å². The summed E-state index contributed by atoms with van der Waals surface area (Å²) in [4.78, 5) is 26.5. The van der Waals surface area contributed by atoms with Crippen LogP contribution >= 0.6 is 15.9 Å². The van der Waals surface area contributed by atoms with Crippen molar-refractivity contribution in [2.45, 2.75) is 12.8 Å². The third kappa shape index (κ3) is 1.80. The Hall–Kier alpha value is -1.43. The predicted octanol–water partition coefficient (Wildman–Crippen LogP) is 1.65. The topological polar surface area (TPSA) is 79.3 Å². The van der Waals surface area contributed by atoms with Gasteiger partial charge in [-0.2, -0.15) is 0 Å². The van der Waals surface area contributed by atoms with E-state index in [1.54, 1.807) is 6.07 Å². The molecule has 1 saturated carbocycles. The molecule has 5 nitrogen and oxygen atoms in total. The van der Waals surface area contributed by atoms with Gasteiger partial charge in [-0.3, -0.25) is 14.6 Å². The molecule has 16 heavy (non-hydrogen) atoms. The Bertz CT molecular complexity index is 457. The zero-order valence-electron chi connectivity index (χ0n) is 8.24. The van der Waals surface area contributed by atoms with Gasteiger partial charge in [0, 0.05) is 12.4 Å². The highest BCUT2D eigenvalue weighted by molar-refractivity contribution is 9.10. The molecule has 84 valence electrons. The molecule has 0 unspecified atom stereocenters. The SMILES string of the molecule is O=C(O)C1(C(=O)Nc2ccncc2Br)CC1. The number of halogens is 1. The van der Waals surface area contributed by atoms with Gasteiger partial charge in [0.1, 0.15) is 5.41 Å². The summed E-state index contributed by atoms with van der Waals surface area (Å²) >= 11 is 3.22. The zero-order chi connectivity index (χ0) is 11.8. The summed E-state index contributed by atoms with van der Waals surface area (Å²) < 4.78 is 0.629. The standard InChI is InChI=1S/C10H9BrN2O3/c11-6-5-12-4-1-7(6)13-8(14)10(2-3-10)9(15)16/h1,4-5H,2-3H2,(H,15,16)(H,12,13,14). The van der Waals surface area contributed by atoms with E-state index >= 15 is 0 Å². The van der Waals surface area contributed by atoms with Crippen LogP contribution in [0, 0.1) is 5.41 Å². The third-order valence-electron chi connectivity index (χ3n) is 2.61. The van der Waals surface area contributed by atoms with Crippen molar-refractivity contribution in [3.8, 4) is 0 Å². The van der Waals surface area contributed by atoms with Gasteiger partial charge in [-0.25, -0.2) is 0 Å². The highest BCUT2D eigenvalue weighted by atomic mass is 79.9. The smallest absolute Gasteiger partial charge is 0.319 e. The van der Waals surface area contributed by atoms with Crippen LogP contribution in [-0.4, -0.2) is 22.0 Å². The summed E-state index contributed by atoms with van der Waals surface area (Å²) in [6.45, 7) is 0. The van der Waals surface area contributed by atoms with E-state index in [9.17, 15) is 9.59 Å². The lowest BCUT2D eigenvalue weighted by Gasteiger charge is -2.11. The van der Waals surface area contributed by atoms with Crippen molar-refractivity contribution in [1.29, 1.82) is 0 Å². The molecule has 6 heteroatoms. The van der Waals surface area contributed by atoms with E-state index in [4.69, 9.17) is 5.11 Å². The Kier molecular flexibility index (Phi) is 2.67. The van der Waals surface area contributed by atoms with Gasteiger partial charge in [0.25, 0.3) is 0 Å². The molecular formula is C10H9BrN2O3. The molecule has 2 N–H and O–H groups in total. The molecule has 0 aromatic carbocycles. The number of hydrogen-bond acceptors (Lipinski definition) is 3. The number of carbonyl (C=O) groups excluding carboxylic acids is 1. The van der Waals surface area contributed by atoms with Crippen molar-refractivity contribution in [3.63, 3.8) is 0 Å². The van der Waals surface area contributed by atoms with Gasteiger partial charge in [0.2, 0.25) is 5.91 Å². The first-order valence-corrected chi connectivity index (χ1v) is 5.50. The number of pyridine rings is 1. The lowest BCUT2D eigenvalue weighted by Crippen LogP contribution is -2.31. The van der Waals surface area contributed by atoms with E-state index in [-0.39, 0.29) is 0 Å². The number of anilines is 1. The molecule has 1 heterocycles. The zero-order valence-corrected chi connectivity index (χ0v) is 9.82. The minimum atomic E-state index is -1.22. The number of rotatable bonds is 3. The molecule has 1 aromatic heterocycles. The van der Waals surface area contributed by atoms with Crippen LogP contribution in [0.4, 0.5) is 5.69 Å². The molecule has 1 aliphatic rings. The molecule has 2 rings (SSSR count). The Morgan fingerprint density at radius 1 is 1.50 bits per heavy atom. The number of carboxylic acids is 1. The second-order valence-corrected chi connectivity index (χ2v) is 4.55. The number of aromatic nitrogens is 1. The first-order chi connectivity index (χ1) is 7.56. The minimum Gasteiger partial charge on any atom is -0.480 e. The lowest BCUT2D eigenvalue weighted by molar-refractivity contribution is -0.147. The highest BCUT2D eigenvalue weighted by Crippen LogP contribution is 2.47. The van der Waals surface area contributed by atoms with E-state index in [1.807, 2.05) is 0 Å². The number of amides is 1.